The summed E-state index contributed by atoms with van der Waals surface area (Å²) in [6.07, 6.45) is 2.71. The van der Waals surface area contributed by atoms with E-state index in [1.807, 2.05) is 0 Å². The van der Waals surface area contributed by atoms with E-state index < -0.39 is 0 Å². The molecule has 1 aromatic heterocycles. The number of rotatable bonds is 2. The van der Waals surface area contributed by atoms with Crippen LogP contribution in [-0.4, -0.2) is 48.2 Å². The first kappa shape index (κ1) is 14.3. The van der Waals surface area contributed by atoms with Gasteiger partial charge in [-0.1, -0.05) is 25.2 Å². The van der Waals surface area contributed by atoms with E-state index in [1.165, 1.54) is 6.42 Å². The fourth-order valence-corrected chi connectivity index (χ4v) is 4.45. The normalized spacial score (nSPS) is 29.0. The molecule has 0 radical (unpaired) electrons. The minimum Gasteiger partial charge on any atom is -0.387 e. The zero-order chi connectivity index (χ0) is 14.5. The van der Waals surface area contributed by atoms with E-state index in [0.29, 0.717) is 6.04 Å². The van der Waals surface area contributed by atoms with Crippen LogP contribution in [0.4, 0.5) is 5.13 Å². The molecule has 0 saturated carbocycles. The average Bonchev–Trinajstić information content (AvgIpc) is 2.91. The molecule has 0 amide bonds. The number of nitrogens with zero attached hydrogens (tertiary/aromatic N) is 3. The monoisotopic (exact) mass is 295 g/mol. The lowest BCUT2D eigenvalue weighted by atomic mass is 9.77. The number of aliphatic hydroxyl groups excluding tert-OH is 1. The van der Waals surface area contributed by atoms with Crippen molar-refractivity contribution in [2.24, 2.45) is 5.41 Å². The van der Waals surface area contributed by atoms with Crippen LogP contribution in [0, 0.1) is 5.41 Å². The van der Waals surface area contributed by atoms with Crippen LogP contribution in [0.25, 0.3) is 0 Å². The Morgan fingerprint density at radius 3 is 2.80 bits per heavy atom. The number of thiazole rings is 1. The van der Waals surface area contributed by atoms with Crippen molar-refractivity contribution in [2.75, 3.05) is 32.1 Å². The van der Waals surface area contributed by atoms with Crippen molar-refractivity contribution < 1.29 is 5.11 Å². The van der Waals surface area contributed by atoms with Gasteiger partial charge in [-0.25, -0.2) is 4.98 Å². The Morgan fingerprint density at radius 1 is 1.40 bits per heavy atom. The molecule has 0 aromatic carbocycles. The van der Waals surface area contributed by atoms with Crippen LogP contribution in [-0.2, 0) is 6.42 Å². The molecule has 4 nitrogen and oxygen atoms in total. The van der Waals surface area contributed by atoms with E-state index in [9.17, 15) is 5.11 Å². The number of fused-ring (bicyclic) bond motifs is 1. The van der Waals surface area contributed by atoms with E-state index in [2.05, 4.69) is 37.7 Å². The van der Waals surface area contributed by atoms with Crippen LogP contribution in [0.5, 0.6) is 0 Å². The maximum atomic E-state index is 10.3. The Kier molecular flexibility index (Phi) is 3.55. The summed E-state index contributed by atoms with van der Waals surface area (Å²) in [7, 11) is 4.29. The van der Waals surface area contributed by atoms with Gasteiger partial charge in [0, 0.05) is 19.1 Å². The highest BCUT2D eigenvalue weighted by Gasteiger charge is 2.35. The molecule has 1 N–H and O–H groups in total. The van der Waals surface area contributed by atoms with E-state index in [-0.39, 0.29) is 11.5 Å². The predicted octanol–water partition coefficient (Wildman–Crippen LogP) is 2.29. The summed E-state index contributed by atoms with van der Waals surface area (Å²) in [4.78, 5) is 10.6. The average molecular weight is 295 g/mol. The number of hydrogen-bond acceptors (Lipinski definition) is 5. The van der Waals surface area contributed by atoms with E-state index >= 15 is 0 Å². The predicted molar refractivity (Wildman–Crippen MR) is 83.5 cm³/mol. The topological polar surface area (TPSA) is 39.6 Å². The molecule has 2 heterocycles. The Balaban J connectivity index is 1.81. The van der Waals surface area contributed by atoms with Crippen molar-refractivity contribution in [3.63, 3.8) is 0 Å². The lowest BCUT2D eigenvalue weighted by Gasteiger charge is -2.31. The highest BCUT2D eigenvalue weighted by molar-refractivity contribution is 7.15. The Bertz CT molecular complexity index is 497. The van der Waals surface area contributed by atoms with Gasteiger partial charge in [0.15, 0.2) is 5.13 Å². The number of anilines is 1. The van der Waals surface area contributed by atoms with E-state index in [0.717, 1.165) is 41.6 Å². The number of aliphatic hydroxyl groups is 1. The molecule has 1 aromatic rings. The fourth-order valence-electron chi connectivity index (χ4n) is 3.35. The van der Waals surface area contributed by atoms with Crippen molar-refractivity contribution >= 4 is 16.5 Å². The summed E-state index contributed by atoms with van der Waals surface area (Å²) in [5.74, 6) is 0. The molecule has 0 spiro atoms. The van der Waals surface area contributed by atoms with Crippen LogP contribution in [0.3, 0.4) is 0 Å². The van der Waals surface area contributed by atoms with Gasteiger partial charge in [0.05, 0.1) is 16.7 Å². The van der Waals surface area contributed by atoms with Gasteiger partial charge in [-0.05, 0) is 38.8 Å². The smallest absolute Gasteiger partial charge is 0.185 e. The maximum absolute atomic E-state index is 10.3. The minimum atomic E-state index is -0.327. The summed E-state index contributed by atoms with van der Waals surface area (Å²) >= 11 is 1.70. The second kappa shape index (κ2) is 4.97. The Hall–Kier alpha value is -0.650. The molecular formula is C15H25N3OS. The lowest BCUT2D eigenvalue weighted by Crippen LogP contribution is -2.31. The van der Waals surface area contributed by atoms with Crippen molar-refractivity contribution in [1.29, 1.82) is 0 Å². The molecule has 1 saturated heterocycles. The minimum absolute atomic E-state index is 0.162. The van der Waals surface area contributed by atoms with Crippen LogP contribution in [0.1, 0.15) is 43.4 Å². The molecule has 1 aliphatic carbocycles. The van der Waals surface area contributed by atoms with Gasteiger partial charge in [-0.2, -0.15) is 0 Å². The van der Waals surface area contributed by atoms with Gasteiger partial charge < -0.3 is 14.9 Å². The van der Waals surface area contributed by atoms with Crippen LogP contribution in [0.2, 0.25) is 0 Å². The standard InChI is InChI=1S/C15H25N3OS/c1-15(2)7-11-13(12(19)8-15)20-14(16-11)18-6-5-10(9-18)17(3)4/h10,12,19H,5-9H2,1-4H3. The Labute approximate surface area is 125 Å². The fraction of sp³-hybridized carbons (Fsp3) is 0.800. The lowest BCUT2D eigenvalue weighted by molar-refractivity contribution is 0.102. The molecule has 1 fully saturated rings. The molecule has 2 atom stereocenters. The van der Waals surface area contributed by atoms with Crippen molar-refractivity contribution in [2.45, 2.75) is 45.3 Å². The summed E-state index contributed by atoms with van der Waals surface area (Å²) < 4.78 is 0. The SMILES string of the molecule is CN(C)C1CCN(c2nc3c(s2)C(O)CC(C)(C)C3)C1. The summed E-state index contributed by atoms with van der Waals surface area (Å²) in [5, 5.41) is 11.4. The number of aromatic nitrogens is 1. The van der Waals surface area contributed by atoms with Crippen LogP contribution < -0.4 is 4.90 Å². The Morgan fingerprint density at radius 2 is 2.15 bits per heavy atom. The zero-order valence-corrected chi connectivity index (χ0v) is 13.7. The third-order valence-electron chi connectivity index (χ3n) is 4.58. The molecule has 5 heteroatoms. The molecule has 1 aliphatic heterocycles. The van der Waals surface area contributed by atoms with Crippen molar-refractivity contribution in [1.82, 2.24) is 9.88 Å². The van der Waals surface area contributed by atoms with Gasteiger partial charge in [-0.15, -0.1) is 0 Å². The molecule has 2 aliphatic rings. The quantitative estimate of drug-likeness (QED) is 0.909. The van der Waals surface area contributed by atoms with E-state index in [4.69, 9.17) is 4.98 Å². The first-order valence-electron chi connectivity index (χ1n) is 7.45. The largest absolute Gasteiger partial charge is 0.387 e. The van der Waals surface area contributed by atoms with Crippen LogP contribution in [0.15, 0.2) is 0 Å². The van der Waals surface area contributed by atoms with Gasteiger partial charge in [0.2, 0.25) is 0 Å². The van der Waals surface area contributed by atoms with Crippen molar-refractivity contribution in [3.05, 3.63) is 10.6 Å². The second-order valence-corrected chi connectivity index (χ2v) is 8.23. The molecule has 112 valence electrons. The van der Waals surface area contributed by atoms with Gasteiger partial charge in [0.1, 0.15) is 0 Å². The highest BCUT2D eigenvalue weighted by atomic mass is 32.1. The summed E-state index contributed by atoms with van der Waals surface area (Å²) in [6, 6.07) is 0.622. The number of hydrogen-bond donors (Lipinski definition) is 1. The van der Waals surface area contributed by atoms with E-state index in [1.54, 1.807) is 11.3 Å². The van der Waals surface area contributed by atoms with Gasteiger partial charge in [0.25, 0.3) is 0 Å². The first-order chi connectivity index (χ1) is 9.35. The van der Waals surface area contributed by atoms with Crippen LogP contribution >= 0.6 is 11.3 Å². The first-order valence-corrected chi connectivity index (χ1v) is 8.26. The summed E-state index contributed by atoms with van der Waals surface area (Å²) in [5.41, 5.74) is 1.29. The number of likely N-dealkylation sites (N-methyl/N-ethyl adjacent to an activating group) is 1. The zero-order valence-electron chi connectivity index (χ0n) is 12.9. The summed E-state index contributed by atoms with van der Waals surface area (Å²) in [6.45, 7) is 6.57. The third kappa shape index (κ3) is 2.59. The molecule has 2 unspecified atom stereocenters. The molecule has 0 bridgehead atoms. The highest BCUT2D eigenvalue weighted by Crippen LogP contribution is 2.45. The molecule has 3 rings (SSSR count). The van der Waals surface area contributed by atoms with Gasteiger partial charge >= 0.3 is 0 Å². The van der Waals surface area contributed by atoms with Gasteiger partial charge in [-0.3, -0.25) is 0 Å². The maximum Gasteiger partial charge on any atom is 0.185 e. The third-order valence-corrected chi connectivity index (χ3v) is 5.83. The van der Waals surface area contributed by atoms with Crippen molar-refractivity contribution in [3.8, 4) is 0 Å². The molecular weight excluding hydrogens is 270 g/mol. The second-order valence-electron chi connectivity index (χ2n) is 7.22. The molecule has 20 heavy (non-hydrogen) atoms.